The molecule has 0 radical (unpaired) electrons. The standard InChI is InChI=1S/C11H15N5S/c1-16-5-4-8(14-16)6-13-11-9(7-2-3-7)10(12)15-17-11/h4-5,7,13H,2-3,6H2,1H3,(H2,12,15). The van der Waals surface area contributed by atoms with Gasteiger partial charge in [-0.25, -0.2) is 0 Å². The Kier molecular flexibility index (Phi) is 2.51. The van der Waals surface area contributed by atoms with Gasteiger partial charge in [0.05, 0.1) is 12.2 Å². The van der Waals surface area contributed by atoms with Crippen molar-refractivity contribution in [2.75, 3.05) is 11.1 Å². The number of nitrogen functional groups attached to an aromatic ring is 1. The lowest BCUT2D eigenvalue weighted by atomic mass is 10.2. The molecule has 17 heavy (non-hydrogen) atoms. The lowest BCUT2D eigenvalue weighted by Gasteiger charge is -2.04. The first-order valence-electron chi connectivity index (χ1n) is 5.71. The number of hydrogen-bond donors (Lipinski definition) is 2. The van der Waals surface area contributed by atoms with Crippen LogP contribution in [0.25, 0.3) is 0 Å². The Hall–Kier alpha value is -1.56. The molecule has 2 aromatic heterocycles. The summed E-state index contributed by atoms with van der Waals surface area (Å²) in [6.07, 6.45) is 4.42. The number of nitrogens with one attached hydrogen (secondary N) is 1. The van der Waals surface area contributed by atoms with Gasteiger partial charge in [0, 0.05) is 18.8 Å². The van der Waals surface area contributed by atoms with Gasteiger partial charge in [0.15, 0.2) is 0 Å². The van der Waals surface area contributed by atoms with Crippen molar-refractivity contribution in [3.05, 3.63) is 23.5 Å². The number of anilines is 2. The van der Waals surface area contributed by atoms with Gasteiger partial charge in [0.1, 0.15) is 10.8 Å². The van der Waals surface area contributed by atoms with Crippen molar-refractivity contribution in [3.8, 4) is 0 Å². The topological polar surface area (TPSA) is 68.8 Å². The Labute approximate surface area is 104 Å². The molecule has 0 bridgehead atoms. The molecule has 6 heteroatoms. The molecule has 0 saturated heterocycles. The smallest absolute Gasteiger partial charge is 0.142 e. The molecule has 3 rings (SSSR count). The maximum Gasteiger partial charge on any atom is 0.142 e. The molecular weight excluding hydrogens is 234 g/mol. The number of aryl methyl sites for hydroxylation is 1. The van der Waals surface area contributed by atoms with Gasteiger partial charge in [-0.05, 0) is 36.4 Å². The summed E-state index contributed by atoms with van der Waals surface area (Å²) in [6.45, 7) is 0.724. The number of hydrogen-bond acceptors (Lipinski definition) is 5. The molecule has 5 nitrogen and oxygen atoms in total. The highest BCUT2D eigenvalue weighted by atomic mass is 32.1. The Morgan fingerprint density at radius 1 is 1.59 bits per heavy atom. The van der Waals surface area contributed by atoms with Crippen LogP contribution in [0.3, 0.4) is 0 Å². The second-order valence-electron chi connectivity index (χ2n) is 4.42. The van der Waals surface area contributed by atoms with Gasteiger partial charge in [-0.15, -0.1) is 0 Å². The van der Waals surface area contributed by atoms with E-state index in [1.54, 1.807) is 4.68 Å². The zero-order valence-corrected chi connectivity index (χ0v) is 10.5. The molecule has 0 aromatic carbocycles. The van der Waals surface area contributed by atoms with Gasteiger partial charge in [-0.3, -0.25) is 4.68 Å². The van der Waals surface area contributed by atoms with E-state index < -0.39 is 0 Å². The van der Waals surface area contributed by atoms with Crippen molar-refractivity contribution in [2.24, 2.45) is 7.05 Å². The quantitative estimate of drug-likeness (QED) is 0.869. The first-order chi connectivity index (χ1) is 8.24. The van der Waals surface area contributed by atoms with Crippen LogP contribution in [0.15, 0.2) is 12.3 Å². The highest BCUT2D eigenvalue weighted by Gasteiger charge is 2.30. The second-order valence-corrected chi connectivity index (χ2v) is 5.19. The molecule has 0 amide bonds. The normalized spacial score (nSPS) is 15.1. The average molecular weight is 249 g/mol. The SMILES string of the molecule is Cn1ccc(CNc2snc(N)c2C2CC2)n1. The minimum Gasteiger partial charge on any atom is -0.383 e. The van der Waals surface area contributed by atoms with Crippen molar-refractivity contribution in [3.63, 3.8) is 0 Å². The van der Waals surface area contributed by atoms with E-state index in [4.69, 9.17) is 5.73 Å². The molecule has 1 aliphatic carbocycles. The molecule has 3 N–H and O–H groups in total. The third-order valence-electron chi connectivity index (χ3n) is 2.94. The van der Waals surface area contributed by atoms with Crippen LogP contribution < -0.4 is 11.1 Å². The van der Waals surface area contributed by atoms with Crippen LogP contribution in [0, 0.1) is 0 Å². The van der Waals surface area contributed by atoms with Gasteiger partial charge in [0.25, 0.3) is 0 Å². The summed E-state index contributed by atoms with van der Waals surface area (Å²) >= 11 is 1.45. The van der Waals surface area contributed by atoms with E-state index in [0.29, 0.717) is 11.7 Å². The maximum atomic E-state index is 5.89. The highest BCUT2D eigenvalue weighted by molar-refractivity contribution is 7.10. The van der Waals surface area contributed by atoms with Crippen LogP contribution in [-0.2, 0) is 13.6 Å². The maximum absolute atomic E-state index is 5.89. The summed E-state index contributed by atoms with van der Waals surface area (Å²) in [5.74, 6) is 1.32. The van der Waals surface area contributed by atoms with E-state index in [1.807, 2.05) is 19.3 Å². The fourth-order valence-electron chi connectivity index (χ4n) is 1.93. The van der Waals surface area contributed by atoms with Gasteiger partial charge in [0.2, 0.25) is 0 Å². The van der Waals surface area contributed by atoms with Crippen molar-refractivity contribution < 1.29 is 0 Å². The summed E-state index contributed by atoms with van der Waals surface area (Å²) in [6, 6.07) is 2.01. The molecule has 0 unspecified atom stereocenters. The summed E-state index contributed by atoms with van der Waals surface area (Å²) in [4.78, 5) is 0. The Bertz CT molecular complexity index is 526. The second kappa shape index (κ2) is 4.03. The summed E-state index contributed by atoms with van der Waals surface area (Å²) in [7, 11) is 1.92. The fraction of sp³-hybridized carbons (Fsp3) is 0.455. The monoisotopic (exact) mass is 249 g/mol. The lowest BCUT2D eigenvalue weighted by molar-refractivity contribution is 0.747. The minimum atomic E-state index is 0.625. The average Bonchev–Trinajstić information content (AvgIpc) is 2.95. The Balaban J connectivity index is 1.72. The summed E-state index contributed by atoms with van der Waals surface area (Å²) in [5.41, 5.74) is 8.14. The van der Waals surface area contributed by atoms with Crippen LogP contribution in [-0.4, -0.2) is 14.2 Å². The summed E-state index contributed by atoms with van der Waals surface area (Å²) < 4.78 is 6.03. The molecule has 0 aliphatic heterocycles. The Morgan fingerprint density at radius 3 is 3.06 bits per heavy atom. The highest BCUT2D eigenvalue weighted by Crippen LogP contribution is 2.47. The molecule has 2 heterocycles. The zero-order chi connectivity index (χ0) is 11.8. The van der Waals surface area contributed by atoms with Gasteiger partial charge >= 0.3 is 0 Å². The Morgan fingerprint density at radius 2 is 2.41 bits per heavy atom. The number of aromatic nitrogens is 3. The summed E-state index contributed by atoms with van der Waals surface area (Å²) in [5, 5.41) is 8.82. The first-order valence-corrected chi connectivity index (χ1v) is 6.49. The van der Waals surface area contributed by atoms with E-state index >= 15 is 0 Å². The zero-order valence-electron chi connectivity index (χ0n) is 9.68. The van der Waals surface area contributed by atoms with E-state index in [-0.39, 0.29) is 0 Å². The molecule has 0 atom stereocenters. The molecule has 1 fully saturated rings. The van der Waals surface area contributed by atoms with E-state index in [2.05, 4.69) is 14.8 Å². The predicted octanol–water partition coefficient (Wildman–Crippen LogP) is 1.95. The van der Waals surface area contributed by atoms with E-state index in [1.165, 1.54) is 29.9 Å². The van der Waals surface area contributed by atoms with Gasteiger partial charge < -0.3 is 11.1 Å². The first kappa shape index (κ1) is 10.6. The van der Waals surface area contributed by atoms with Crippen LogP contribution >= 0.6 is 11.5 Å². The third-order valence-corrected chi connectivity index (χ3v) is 3.78. The van der Waals surface area contributed by atoms with E-state index in [0.717, 1.165) is 17.2 Å². The molecule has 1 aliphatic rings. The molecule has 0 spiro atoms. The largest absolute Gasteiger partial charge is 0.383 e. The van der Waals surface area contributed by atoms with Crippen molar-refractivity contribution >= 4 is 22.4 Å². The van der Waals surface area contributed by atoms with Crippen LogP contribution in [0.4, 0.5) is 10.8 Å². The predicted molar refractivity (Wildman–Crippen MR) is 69.0 cm³/mol. The van der Waals surface area contributed by atoms with Crippen LogP contribution in [0.5, 0.6) is 0 Å². The molecule has 2 aromatic rings. The fourth-order valence-corrected chi connectivity index (χ4v) is 2.73. The van der Waals surface area contributed by atoms with Crippen molar-refractivity contribution in [1.29, 1.82) is 0 Å². The van der Waals surface area contributed by atoms with Crippen molar-refractivity contribution in [1.82, 2.24) is 14.2 Å². The van der Waals surface area contributed by atoms with Gasteiger partial charge in [-0.1, -0.05) is 0 Å². The van der Waals surface area contributed by atoms with Crippen LogP contribution in [0.2, 0.25) is 0 Å². The third kappa shape index (κ3) is 2.12. The minimum absolute atomic E-state index is 0.625. The number of nitrogens with zero attached hydrogens (tertiary/aromatic N) is 3. The number of nitrogens with two attached hydrogens (primary N) is 1. The van der Waals surface area contributed by atoms with E-state index in [9.17, 15) is 0 Å². The van der Waals surface area contributed by atoms with Crippen LogP contribution in [0.1, 0.15) is 30.0 Å². The molecule has 90 valence electrons. The molecular formula is C11H15N5S. The van der Waals surface area contributed by atoms with Crippen molar-refractivity contribution in [2.45, 2.75) is 25.3 Å². The number of rotatable bonds is 4. The van der Waals surface area contributed by atoms with Gasteiger partial charge in [-0.2, -0.15) is 9.47 Å². The molecule has 1 saturated carbocycles. The lowest BCUT2D eigenvalue weighted by Crippen LogP contribution is -2.02.